The number of cyclic esters (lactones) is 2. The number of carbonyl (C=O) groups is 3. The molecule has 0 atom stereocenters. The van der Waals surface area contributed by atoms with Crippen LogP contribution in [0.15, 0.2) is 34.6 Å². The first-order valence-corrected chi connectivity index (χ1v) is 8.95. The van der Waals surface area contributed by atoms with Crippen molar-refractivity contribution in [1.82, 2.24) is 4.98 Å². The maximum atomic E-state index is 11.9. The van der Waals surface area contributed by atoms with Gasteiger partial charge in [0.1, 0.15) is 0 Å². The SMILES string of the molecule is CC(=O)Nc1ccc(-c2csc(N=CC3C(=O)OC(C)(C)OC3=O)n2)cc1. The molecule has 27 heavy (non-hydrogen) atoms. The summed E-state index contributed by atoms with van der Waals surface area (Å²) < 4.78 is 10.1. The van der Waals surface area contributed by atoms with Gasteiger partial charge < -0.3 is 14.8 Å². The quantitative estimate of drug-likeness (QED) is 0.491. The molecular weight excluding hydrogens is 370 g/mol. The Morgan fingerprint density at radius 1 is 1.22 bits per heavy atom. The van der Waals surface area contributed by atoms with Crippen LogP contribution in [0.5, 0.6) is 0 Å². The van der Waals surface area contributed by atoms with Gasteiger partial charge in [-0.3, -0.25) is 14.4 Å². The number of esters is 2. The monoisotopic (exact) mass is 387 g/mol. The van der Waals surface area contributed by atoms with Crippen LogP contribution in [0, 0.1) is 5.92 Å². The summed E-state index contributed by atoms with van der Waals surface area (Å²) in [7, 11) is 0. The van der Waals surface area contributed by atoms with Crippen molar-refractivity contribution in [3.05, 3.63) is 29.6 Å². The molecule has 0 bridgehead atoms. The van der Waals surface area contributed by atoms with Gasteiger partial charge in [0.25, 0.3) is 5.79 Å². The second-order valence-corrected chi connectivity index (χ2v) is 7.11. The molecule has 3 rings (SSSR count). The molecule has 1 N–H and O–H groups in total. The summed E-state index contributed by atoms with van der Waals surface area (Å²) in [6.45, 7) is 4.42. The number of amides is 1. The highest BCUT2D eigenvalue weighted by Gasteiger charge is 2.42. The number of aromatic nitrogens is 1. The standard InChI is InChI=1S/C18H17N3O5S/c1-10(22)20-12-6-4-11(5-7-12)14-9-27-17(21-14)19-8-13-15(23)25-18(2,3)26-16(13)24/h4-9,13H,1-3H3,(H,20,22). The van der Waals surface area contributed by atoms with Crippen molar-refractivity contribution in [3.63, 3.8) is 0 Å². The first-order valence-electron chi connectivity index (χ1n) is 8.07. The smallest absolute Gasteiger partial charge is 0.329 e. The molecule has 140 valence electrons. The zero-order valence-corrected chi connectivity index (χ0v) is 15.7. The normalized spacial score (nSPS) is 16.9. The van der Waals surface area contributed by atoms with E-state index in [-0.39, 0.29) is 5.91 Å². The van der Waals surface area contributed by atoms with Crippen molar-refractivity contribution < 1.29 is 23.9 Å². The predicted octanol–water partition coefficient (Wildman–Crippen LogP) is 2.92. The number of carbonyl (C=O) groups excluding carboxylic acids is 3. The third-order valence-corrected chi connectivity index (χ3v) is 4.28. The van der Waals surface area contributed by atoms with Gasteiger partial charge in [-0.05, 0) is 12.1 Å². The van der Waals surface area contributed by atoms with Crippen molar-refractivity contribution in [3.8, 4) is 11.3 Å². The fraction of sp³-hybridized carbons (Fsp3) is 0.278. The Kier molecular flexibility index (Phi) is 5.04. The molecule has 2 aromatic rings. The van der Waals surface area contributed by atoms with Crippen molar-refractivity contribution in [2.45, 2.75) is 26.6 Å². The number of anilines is 1. The Labute approximate surface area is 159 Å². The van der Waals surface area contributed by atoms with Gasteiger partial charge in [-0.25, -0.2) is 9.98 Å². The number of benzene rings is 1. The molecule has 0 spiro atoms. The lowest BCUT2D eigenvalue weighted by atomic mass is 10.1. The van der Waals surface area contributed by atoms with Crippen LogP contribution in [0.1, 0.15) is 20.8 Å². The van der Waals surface area contributed by atoms with E-state index < -0.39 is 23.6 Å². The van der Waals surface area contributed by atoms with Gasteiger partial charge in [0, 0.05) is 43.6 Å². The molecule has 0 unspecified atom stereocenters. The third kappa shape index (κ3) is 4.56. The van der Waals surface area contributed by atoms with Gasteiger partial charge in [-0.15, -0.1) is 11.3 Å². The molecular formula is C18H17N3O5S. The number of hydrogen-bond acceptors (Lipinski definition) is 8. The van der Waals surface area contributed by atoms with E-state index in [4.69, 9.17) is 9.47 Å². The molecule has 0 aliphatic carbocycles. The number of nitrogens with one attached hydrogen (secondary N) is 1. The molecule has 1 amide bonds. The summed E-state index contributed by atoms with van der Waals surface area (Å²) in [5.41, 5.74) is 2.23. The average Bonchev–Trinajstić information content (AvgIpc) is 3.02. The molecule has 9 heteroatoms. The minimum atomic E-state index is -1.27. The van der Waals surface area contributed by atoms with E-state index in [2.05, 4.69) is 15.3 Å². The third-order valence-electron chi connectivity index (χ3n) is 3.53. The van der Waals surface area contributed by atoms with Gasteiger partial charge in [0.05, 0.1) is 5.69 Å². The number of aliphatic imine (C=N–C) groups is 1. The van der Waals surface area contributed by atoms with Crippen LogP contribution in [0.3, 0.4) is 0 Å². The highest BCUT2D eigenvalue weighted by molar-refractivity contribution is 7.13. The van der Waals surface area contributed by atoms with E-state index in [9.17, 15) is 14.4 Å². The van der Waals surface area contributed by atoms with Crippen molar-refractivity contribution in [2.75, 3.05) is 5.32 Å². The largest absolute Gasteiger partial charge is 0.422 e. The summed E-state index contributed by atoms with van der Waals surface area (Å²) in [6.07, 6.45) is 1.18. The Bertz CT molecular complexity index is 897. The Morgan fingerprint density at radius 3 is 2.44 bits per heavy atom. The Balaban J connectivity index is 1.71. The zero-order valence-electron chi connectivity index (χ0n) is 14.9. The zero-order chi connectivity index (χ0) is 19.6. The lowest BCUT2D eigenvalue weighted by Crippen LogP contribution is -2.46. The summed E-state index contributed by atoms with van der Waals surface area (Å²) in [5, 5.41) is 4.89. The molecule has 1 aliphatic heterocycles. The van der Waals surface area contributed by atoms with E-state index in [1.165, 1.54) is 38.3 Å². The van der Waals surface area contributed by atoms with E-state index in [0.29, 0.717) is 16.5 Å². The molecule has 1 fully saturated rings. The van der Waals surface area contributed by atoms with Crippen LogP contribution in [-0.4, -0.2) is 34.8 Å². The van der Waals surface area contributed by atoms with E-state index in [1.54, 1.807) is 17.5 Å². The molecule has 1 aromatic heterocycles. The summed E-state index contributed by atoms with van der Waals surface area (Å²) in [4.78, 5) is 43.4. The van der Waals surface area contributed by atoms with E-state index >= 15 is 0 Å². The second kappa shape index (κ2) is 7.28. The van der Waals surface area contributed by atoms with Crippen LogP contribution in [0.2, 0.25) is 0 Å². The maximum Gasteiger partial charge on any atom is 0.329 e. The molecule has 0 saturated carbocycles. The molecule has 8 nitrogen and oxygen atoms in total. The first-order chi connectivity index (χ1) is 12.7. The topological polar surface area (TPSA) is 107 Å². The van der Waals surface area contributed by atoms with Gasteiger partial charge in [0.15, 0.2) is 5.92 Å². The Hall–Kier alpha value is -3.07. The fourth-order valence-electron chi connectivity index (χ4n) is 2.37. The average molecular weight is 387 g/mol. The van der Waals surface area contributed by atoms with Gasteiger partial charge in [0.2, 0.25) is 11.0 Å². The summed E-state index contributed by atoms with van der Waals surface area (Å²) in [6, 6.07) is 7.20. The van der Waals surface area contributed by atoms with Crippen LogP contribution in [0.4, 0.5) is 10.8 Å². The number of rotatable bonds is 4. The van der Waals surface area contributed by atoms with Crippen molar-refractivity contribution in [1.29, 1.82) is 0 Å². The lowest BCUT2D eigenvalue weighted by molar-refractivity contribution is -0.235. The van der Waals surface area contributed by atoms with Crippen molar-refractivity contribution >= 4 is 46.2 Å². The highest BCUT2D eigenvalue weighted by Crippen LogP contribution is 2.28. The predicted molar refractivity (Wildman–Crippen MR) is 99.8 cm³/mol. The van der Waals surface area contributed by atoms with Gasteiger partial charge in [-0.1, -0.05) is 12.1 Å². The second-order valence-electron chi connectivity index (χ2n) is 6.27. The van der Waals surface area contributed by atoms with E-state index in [0.717, 1.165) is 5.56 Å². The number of nitrogens with zero attached hydrogens (tertiary/aromatic N) is 2. The molecule has 1 aliphatic rings. The number of thiazole rings is 1. The molecule has 1 saturated heterocycles. The molecule has 2 heterocycles. The van der Waals surface area contributed by atoms with Gasteiger partial charge >= 0.3 is 11.9 Å². The number of hydrogen-bond donors (Lipinski definition) is 1. The highest BCUT2D eigenvalue weighted by atomic mass is 32.1. The minimum Gasteiger partial charge on any atom is -0.422 e. The number of ether oxygens (including phenoxy) is 2. The molecule has 0 radical (unpaired) electrons. The van der Waals surface area contributed by atoms with Gasteiger partial charge in [-0.2, -0.15) is 0 Å². The van der Waals surface area contributed by atoms with Crippen LogP contribution < -0.4 is 5.32 Å². The lowest BCUT2D eigenvalue weighted by Gasteiger charge is -2.31. The first kappa shape index (κ1) is 18.7. The summed E-state index contributed by atoms with van der Waals surface area (Å²) in [5.74, 6) is -4.02. The Morgan fingerprint density at radius 2 is 1.85 bits per heavy atom. The van der Waals surface area contributed by atoms with Crippen LogP contribution >= 0.6 is 11.3 Å². The van der Waals surface area contributed by atoms with Crippen molar-refractivity contribution in [2.24, 2.45) is 10.9 Å². The molecule has 1 aromatic carbocycles. The van der Waals surface area contributed by atoms with Crippen LogP contribution in [0.25, 0.3) is 11.3 Å². The maximum absolute atomic E-state index is 11.9. The van der Waals surface area contributed by atoms with E-state index in [1.807, 2.05) is 12.1 Å². The fourth-order valence-corrected chi connectivity index (χ4v) is 3.05. The minimum absolute atomic E-state index is 0.142. The van der Waals surface area contributed by atoms with Crippen LogP contribution in [-0.2, 0) is 23.9 Å². The summed E-state index contributed by atoms with van der Waals surface area (Å²) >= 11 is 1.27.